The van der Waals surface area contributed by atoms with Crippen LogP contribution in [0.4, 0.5) is 0 Å². The van der Waals surface area contributed by atoms with Gasteiger partial charge in [0.1, 0.15) is 0 Å². The van der Waals surface area contributed by atoms with E-state index in [-0.39, 0.29) is 11.9 Å². The molecule has 2 atom stereocenters. The fourth-order valence-electron chi connectivity index (χ4n) is 2.03. The zero-order valence-electron chi connectivity index (χ0n) is 9.86. The van der Waals surface area contributed by atoms with E-state index in [1.54, 1.807) is 30.1 Å². The van der Waals surface area contributed by atoms with Gasteiger partial charge < -0.3 is 15.3 Å². The van der Waals surface area contributed by atoms with Gasteiger partial charge in [0.25, 0.3) is 5.91 Å². The topological polar surface area (TPSA) is 52.6 Å². The van der Waals surface area contributed by atoms with Crippen LogP contribution in [0.5, 0.6) is 0 Å². The van der Waals surface area contributed by atoms with Crippen LogP contribution in [-0.2, 0) is 0 Å². The molecule has 1 amide bonds. The molecule has 1 heterocycles. The Labute approximate surface area is 119 Å². The molecule has 4 nitrogen and oxygen atoms in total. The highest BCUT2D eigenvalue weighted by atomic mass is 79.9. The number of β-amino-alcohol motifs (C(OH)–C–C–N with tert-alkyl or cyclic N) is 1. The lowest BCUT2D eigenvalue weighted by Gasteiger charge is -2.26. The summed E-state index contributed by atoms with van der Waals surface area (Å²) in [7, 11) is 1.70. The second-order valence-corrected chi connectivity index (χ2v) is 5.60. The maximum Gasteiger partial charge on any atom is 0.254 e. The predicted octanol–water partition coefficient (Wildman–Crippen LogP) is 1.51. The Morgan fingerprint density at radius 3 is 2.83 bits per heavy atom. The van der Waals surface area contributed by atoms with Crippen LogP contribution in [0.2, 0.25) is 5.02 Å². The van der Waals surface area contributed by atoms with Gasteiger partial charge in [-0.05, 0) is 34.1 Å². The first kappa shape index (κ1) is 13.8. The van der Waals surface area contributed by atoms with Crippen molar-refractivity contribution >= 4 is 33.4 Å². The highest BCUT2D eigenvalue weighted by molar-refractivity contribution is 9.10. The number of aliphatic hydroxyl groups is 1. The molecule has 1 aliphatic rings. The van der Waals surface area contributed by atoms with Crippen molar-refractivity contribution in [2.24, 2.45) is 0 Å². The molecule has 6 heteroatoms. The fourth-order valence-corrected chi connectivity index (χ4v) is 2.53. The Hall–Kier alpha value is -0.620. The van der Waals surface area contributed by atoms with Crippen molar-refractivity contribution < 1.29 is 9.90 Å². The second-order valence-electron chi connectivity index (χ2n) is 4.34. The molecule has 98 valence electrons. The standard InChI is InChI=1S/C12H14BrClN2O2/c1-16(10-5-15-6-11(10)17)12(18)7-2-3-9(14)8(13)4-7/h2-4,10-11,15,17H,5-6H2,1H3/t10-,11-/m1/s1. The van der Waals surface area contributed by atoms with Crippen molar-refractivity contribution in [1.82, 2.24) is 10.2 Å². The van der Waals surface area contributed by atoms with Crippen LogP contribution in [0.3, 0.4) is 0 Å². The molecule has 1 fully saturated rings. The largest absolute Gasteiger partial charge is 0.390 e. The normalized spacial score (nSPS) is 23.1. The quantitative estimate of drug-likeness (QED) is 0.862. The Balaban J connectivity index is 2.17. The molecule has 0 spiro atoms. The molecule has 1 saturated heterocycles. The number of rotatable bonds is 2. The predicted molar refractivity (Wildman–Crippen MR) is 73.9 cm³/mol. The van der Waals surface area contributed by atoms with E-state index in [1.807, 2.05) is 0 Å². The summed E-state index contributed by atoms with van der Waals surface area (Å²) in [5.74, 6) is -0.125. The molecule has 2 rings (SSSR count). The van der Waals surface area contributed by atoms with Crippen molar-refractivity contribution in [3.8, 4) is 0 Å². The van der Waals surface area contributed by atoms with Crippen LogP contribution in [0.15, 0.2) is 22.7 Å². The highest BCUT2D eigenvalue weighted by Crippen LogP contribution is 2.24. The lowest BCUT2D eigenvalue weighted by molar-refractivity contribution is 0.0581. The third-order valence-corrected chi connectivity index (χ3v) is 4.35. The van der Waals surface area contributed by atoms with E-state index >= 15 is 0 Å². The van der Waals surface area contributed by atoms with Gasteiger partial charge in [-0.3, -0.25) is 4.79 Å². The zero-order chi connectivity index (χ0) is 13.3. The molecule has 0 unspecified atom stereocenters. The summed E-state index contributed by atoms with van der Waals surface area (Å²) in [5, 5.41) is 13.4. The van der Waals surface area contributed by atoms with E-state index in [1.165, 1.54) is 0 Å². The zero-order valence-corrected chi connectivity index (χ0v) is 12.2. The van der Waals surface area contributed by atoms with Gasteiger partial charge in [0.15, 0.2) is 0 Å². The first-order valence-corrected chi connectivity index (χ1v) is 6.79. The van der Waals surface area contributed by atoms with E-state index in [9.17, 15) is 9.90 Å². The molecular weight excluding hydrogens is 320 g/mol. The van der Waals surface area contributed by atoms with Crippen molar-refractivity contribution in [2.45, 2.75) is 12.1 Å². The van der Waals surface area contributed by atoms with Gasteiger partial charge in [-0.2, -0.15) is 0 Å². The lowest BCUT2D eigenvalue weighted by Crippen LogP contribution is -2.44. The number of aliphatic hydroxyl groups excluding tert-OH is 1. The molecule has 0 radical (unpaired) electrons. The molecule has 1 aliphatic heterocycles. The van der Waals surface area contributed by atoms with Crippen LogP contribution in [0.1, 0.15) is 10.4 Å². The van der Waals surface area contributed by atoms with Crippen molar-refractivity contribution in [2.75, 3.05) is 20.1 Å². The van der Waals surface area contributed by atoms with E-state index in [0.717, 1.165) is 0 Å². The Bertz CT molecular complexity index is 469. The Morgan fingerprint density at radius 2 is 2.28 bits per heavy atom. The highest BCUT2D eigenvalue weighted by Gasteiger charge is 2.31. The molecule has 0 saturated carbocycles. The SMILES string of the molecule is CN(C(=O)c1ccc(Cl)c(Br)c1)[C@@H]1CNC[C@H]1O. The summed E-state index contributed by atoms with van der Waals surface area (Å²) >= 11 is 9.19. The van der Waals surface area contributed by atoms with Crippen LogP contribution in [0.25, 0.3) is 0 Å². The summed E-state index contributed by atoms with van der Waals surface area (Å²) < 4.78 is 0.688. The minimum absolute atomic E-state index is 0.125. The molecule has 1 aromatic carbocycles. The van der Waals surface area contributed by atoms with Crippen molar-refractivity contribution in [1.29, 1.82) is 0 Å². The van der Waals surface area contributed by atoms with E-state index < -0.39 is 6.10 Å². The van der Waals surface area contributed by atoms with E-state index in [0.29, 0.717) is 28.1 Å². The lowest BCUT2D eigenvalue weighted by atomic mass is 10.1. The van der Waals surface area contributed by atoms with Gasteiger partial charge in [-0.15, -0.1) is 0 Å². The van der Waals surface area contributed by atoms with Crippen LogP contribution in [0, 0.1) is 0 Å². The smallest absolute Gasteiger partial charge is 0.254 e. The van der Waals surface area contributed by atoms with E-state index in [4.69, 9.17) is 11.6 Å². The molecule has 0 aliphatic carbocycles. The minimum atomic E-state index is -0.519. The molecule has 1 aromatic rings. The molecule has 0 bridgehead atoms. The average Bonchev–Trinajstić information content (AvgIpc) is 2.77. The second kappa shape index (κ2) is 5.57. The third-order valence-electron chi connectivity index (χ3n) is 3.14. The maximum absolute atomic E-state index is 12.3. The van der Waals surface area contributed by atoms with Crippen LogP contribution in [-0.4, -0.2) is 48.2 Å². The van der Waals surface area contributed by atoms with Crippen molar-refractivity contribution in [3.05, 3.63) is 33.3 Å². The number of hydrogen-bond acceptors (Lipinski definition) is 3. The van der Waals surface area contributed by atoms with Crippen LogP contribution >= 0.6 is 27.5 Å². The fraction of sp³-hybridized carbons (Fsp3) is 0.417. The van der Waals surface area contributed by atoms with Gasteiger partial charge in [0.05, 0.1) is 17.2 Å². The number of halogens is 2. The van der Waals surface area contributed by atoms with E-state index in [2.05, 4.69) is 21.2 Å². The number of carbonyl (C=O) groups is 1. The van der Waals surface area contributed by atoms with Gasteiger partial charge in [-0.25, -0.2) is 0 Å². The molecular formula is C12H14BrClN2O2. The van der Waals surface area contributed by atoms with Crippen LogP contribution < -0.4 is 5.32 Å². The number of nitrogens with one attached hydrogen (secondary N) is 1. The van der Waals surface area contributed by atoms with Gasteiger partial charge in [0, 0.05) is 30.2 Å². The summed E-state index contributed by atoms with van der Waals surface area (Å²) in [6.07, 6.45) is -0.519. The summed E-state index contributed by atoms with van der Waals surface area (Å²) in [6, 6.07) is 4.86. The number of carbonyl (C=O) groups excluding carboxylic acids is 1. The number of likely N-dealkylation sites (N-methyl/N-ethyl adjacent to an activating group) is 1. The Morgan fingerprint density at radius 1 is 1.56 bits per heavy atom. The summed E-state index contributed by atoms with van der Waals surface area (Å²) in [6.45, 7) is 1.13. The maximum atomic E-state index is 12.3. The molecule has 18 heavy (non-hydrogen) atoms. The molecule has 0 aromatic heterocycles. The first-order valence-electron chi connectivity index (χ1n) is 5.61. The van der Waals surface area contributed by atoms with Gasteiger partial charge in [-0.1, -0.05) is 11.6 Å². The number of hydrogen-bond donors (Lipinski definition) is 2. The number of nitrogens with zero attached hydrogens (tertiary/aromatic N) is 1. The summed E-state index contributed by atoms with van der Waals surface area (Å²) in [4.78, 5) is 13.8. The third kappa shape index (κ3) is 2.69. The minimum Gasteiger partial charge on any atom is -0.390 e. The average molecular weight is 334 g/mol. The monoisotopic (exact) mass is 332 g/mol. The van der Waals surface area contributed by atoms with Crippen molar-refractivity contribution in [3.63, 3.8) is 0 Å². The Kier molecular flexibility index (Phi) is 4.27. The summed E-state index contributed by atoms with van der Waals surface area (Å²) in [5.41, 5.74) is 0.549. The number of amides is 1. The van der Waals surface area contributed by atoms with Gasteiger partial charge in [0.2, 0.25) is 0 Å². The van der Waals surface area contributed by atoms with Gasteiger partial charge >= 0.3 is 0 Å². The first-order chi connectivity index (χ1) is 8.50. The molecule has 2 N–H and O–H groups in total. The number of benzene rings is 1.